The van der Waals surface area contributed by atoms with E-state index in [1.807, 2.05) is 18.0 Å². The van der Waals surface area contributed by atoms with E-state index in [2.05, 4.69) is 0 Å². The highest BCUT2D eigenvalue weighted by Gasteiger charge is 2.08. The van der Waals surface area contributed by atoms with E-state index in [4.69, 9.17) is 11.6 Å². The van der Waals surface area contributed by atoms with Crippen molar-refractivity contribution in [3.05, 3.63) is 70.5 Å². The van der Waals surface area contributed by atoms with Crippen LogP contribution >= 0.6 is 11.6 Å². The first-order valence-corrected chi connectivity index (χ1v) is 7.14. The molecule has 2 aromatic carbocycles. The summed E-state index contributed by atoms with van der Waals surface area (Å²) in [6.45, 7) is 1.24. The average Bonchev–Trinajstić information content (AvgIpc) is 2.45. The fourth-order valence-electron chi connectivity index (χ4n) is 2.10. The Labute approximate surface area is 129 Å². The molecular formula is C17H17ClFNO. The van der Waals surface area contributed by atoms with Crippen LogP contribution in [0.1, 0.15) is 22.3 Å². The van der Waals surface area contributed by atoms with Crippen molar-refractivity contribution in [1.29, 1.82) is 0 Å². The normalized spacial score (nSPS) is 10.9. The lowest BCUT2D eigenvalue weighted by atomic mass is 10.1. The minimum atomic E-state index is -0.238. The predicted molar refractivity (Wildman–Crippen MR) is 83.1 cm³/mol. The number of ketones is 1. The Morgan fingerprint density at radius 3 is 2.57 bits per heavy atom. The fourth-order valence-corrected chi connectivity index (χ4v) is 2.22. The van der Waals surface area contributed by atoms with E-state index in [-0.39, 0.29) is 11.6 Å². The largest absolute Gasteiger partial charge is 0.302 e. The quantitative estimate of drug-likeness (QED) is 0.746. The van der Waals surface area contributed by atoms with Crippen LogP contribution in [0.4, 0.5) is 4.39 Å². The van der Waals surface area contributed by atoms with Crippen LogP contribution in [0.25, 0.3) is 0 Å². The number of carbonyl (C=O) groups is 1. The molecule has 2 nitrogen and oxygen atoms in total. The third-order valence-electron chi connectivity index (χ3n) is 3.23. The second-order valence-electron chi connectivity index (χ2n) is 5.05. The molecule has 0 unspecified atom stereocenters. The lowest BCUT2D eigenvalue weighted by molar-refractivity contribution is 0.0968. The second-order valence-corrected chi connectivity index (χ2v) is 5.48. The summed E-state index contributed by atoms with van der Waals surface area (Å²) in [6, 6.07) is 13.4. The van der Waals surface area contributed by atoms with Crippen molar-refractivity contribution in [2.45, 2.75) is 13.0 Å². The van der Waals surface area contributed by atoms with Gasteiger partial charge in [0, 0.05) is 30.1 Å². The Kier molecular flexibility index (Phi) is 5.48. The first-order valence-electron chi connectivity index (χ1n) is 6.76. The molecule has 0 bridgehead atoms. The van der Waals surface area contributed by atoms with Gasteiger partial charge >= 0.3 is 0 Å². The molecule has 0 atom stereocenters. The molecule has 0 radical (unpaired) electrons. The van der Waals surface area contributed by atoms with Gasteiger partial charge in [0.05, 0.1) is 0 Å². The van der Waals surface area contributed by atoms with Gasteiger partial charge in [0.25, 0.3) is 0 Å². The molecule has 0 aliphatic rings. The van der Waals surface area contributed by atoms with Gasteiger partial charge in [0.1, 0.15) is 5.82 Å². The summed E-state index contributed by atoms with van der Waals surface area (Å²) >= 11 is 5.80. The molecular weight excluding hydrogens is 289 g/mol. The fraction of sp³-hybridized carbons (Fsp3) is 0.235. The third kappa shape index (κ3) is 4.96. The molecule has 21 heavy (non-hydrogen) atoms. The maximum atomic E-state index is 13.1. The Hall–Kier alpha value is -1.71. The van der Waals surface area contributed by atoms with E-state index in [1.54, 1.807) is 30.3 Å². The van der Waals surface area contributed by atoms with Gasteiger partial charge in [-0.05, 0) is 49.0 Å². The Bertz CT molecular complexity index is 612. The van der Waals surface area contributed by atoms with E-state index in [9.17, 15) is 9.18 Å². The van der Waals surface area contributed by atoms with Crippen LogP contribution in [0.2, 0.25) is 5.02 Å². The van der Waals surface area contributed by atoms with Gasteiger partial charge in [0.2, 0.25) is 0 Å². The van der Waals surface area contributed by atoms with E-state index in [0.717, 1.165) is 5.56 Å². The zero-order valence-corrected chi connectivity index (χ0v) is 12.6. The average molecular weight is 306 g/mol. The van der Waals surface area contributed by atoms with Crippen molar-refractivity contribution in [2.24, 2.45) is 0 Å². The van der Waals surface area contributed by atoms with Gasteiger partial charge in [-0.1, -0.05) is 23.7 Å². The van der Waals surface area contributed by atoms with Gasteiger partial charge < -0.3 is 4.90 Å². The minimum Gasteiger partial charge on any atom is -0.302 e. The lowest BCUT2D eigenvalue weighted by Gasteiger charge is -2.16. The molecule has 0 aromatic heterocycles. The van der Waals surface area contributed by atoms with E-state index >= 15 is 0 Å². The summed E-state index contributed by atoms with van der Waals surface area (Å²) in [5, 5.41) is 0.620. The van der Waals surface area contributed by atoms with Gasteiger partial charge in [-0.15, -0.1) is 0 Å². The highest BCUT2D eigenvalue weighted by Crippen LogP contribution is 2.12. The molecule has 0 aliphatic carbocycles. The number of Topliss-reactive ketones (excluding diaryl/α,β-unsaturated/α-hetero) is 1. The van der Waals surface area contributed by atoms with Crippen LogP contribution < -0.4 is 0 Å². The van der Waals surface area contributed by atoms with E-state index in [1.165, 1.54) is 12.1 Å². The molecule has 2 aromatic rings. The predicted octanol–water partition coefficient (Wildman–Crippen LogP) is 4.18. The van der Waals surface area contributed by atoms with E-state index < -0.39 is 0 Å². The van der Waals surface area contributed by atoms with Crippen LogP contribution in [-0.4, -0.2) is 24.3 Å². The van der Waals surface area contributed by atoms with E-state index in [0.29, 0.717) is 30.1 Å². The number of hydrogen-bond acceptors (Lipinski definition) is 2. The zero-order chi connectivity index (χ0) is 15.2. The monoisotopic (exact) mass is 305 g/mol. The molecule has 2 rings (SSSR count). The molecule has 0 saturated carbocycles. The van der Waals surface area contributed by atoms with Crippen molar-refractivity contribution in [3.63, 3.8) is 0 Å². The molecule has 0 N–H and O–H groups in total. The Morgan fingerprint density at radius 1 is 1.19 bits per heavy atom. The molecule has 110 valence electrons. The Morgan fingerprint density at radius 2 is 1.90 bits per heavy atom. The molecule has 0 spiro atoms. The van der Waals surface area contributed by atoms with Crippen molar-refractivity contribution < 1.29 is 9.18 Å². The molecule has 0 saturated heterocycles. The van der Waals surface area contributed by atoms with Crippen LogP contribution in [0.15, 0.2) is 48.5 Å². The zero-order valence-electron chi connectivity index (χ0n) is 11.9. The summed E-state index contributed by atoms with van der Waals surface area (Å²) in [4.78, 5) is 14.0. The SMILES string of the molecule is CN(CCC(=O)c1ccc(Cl)cc1)Cc1cccc(F)c1. The van der Waals surface area contributed by atoms with Crippen LogP contribution in [0, 0.1) is 5.82 Å². The van der Waals surface area contributed by atoms with Crippen LogP contribution in [0.5, 0.6) is 0 Å². The van der Waals surface area contributed by atoms with Crippen molar-refractivity contribution in [1.82, 2.24) is 4.90 Å². The van der Waals surface area contributed by atoms with Crippen LogP contribution in [-0.2, 0) is 6.54 Å². The summed E-state index contributed by atoms with van der Waals surface area (Å²) < 4.78 is 13.1. The number of rotatable bonds is 6. The summed E-state index contributed by atoms with van der Waals surface area (Å²) in [5.41, 5.74) is 1.56. The molecule has 0 amide bonds. The highest BCUT2D eigenvalue weighted by atomic mass is 35.5. The molecule has 0 heterocycles. The maximum absolute atomic E-state index is 13.1. The standard InChI is InChI=1S/C17H17ClFNO/c1-20(12-13-3-2-4-16(19)11-13)10-9-17(21)14-5-7-15(18)8-6-14/h2-8,11H,9-10,12H2,1H3. The van der Waals surface area contributed by atoms with Crippen molar-refractivity contribution in [2.75, 3.05) is 13.6 Å². The van der Waals surface area contributed by atoms with Gasteiger partial charge in [0.15, 0.2) is 5.78 Å². The van der Waals surface area contributed by atoms with Gasteiger partial charge in [-0.2, -0.15) is 0 Å². The molecule has 0 aliphatic heterocycles. The number of hydrogen-bond donors (Lipinski definition) is 0. The van der Waals surface area contributed by atoms with Crippen LogP contribution in [0.3, 0.4) is 0 Å². The summed E-state index contributed by atoms with van der Waals surface area (Å²) in [7, 11) is 1.92. The minimum absolute atomic E-state index is 0.0813. The Balaban J connectivity index is 1.84. The number of halogens is 2. The number of benzene rings is 2. The number of nitrogens with zero attached hydrogens (tertiary/aromatic N) is 1. The first-order chi connectivity index (χ1) is 10.0. The summed E-state index contributed by atoms with van der Waals surface area (Å²) in [5.74, 6) is -0.157. The van der Waals surface area contributed by atoms with Gasteiger partial charge in [-0.25, -0.2) is 4.39 Å². The number of carbonyl (C=O) groups excluding carboxylic acids is 1. The van der Waals surface area contributed by atoms with Gasteiger partial charge in [-0.3, -0.25) is 4.79 Å². The molecule has 4 heteroatoms. The highest BCUT2D eigenvalue weighted by molar-refractivity contribution is 6.30. The topological polar surface area (TPSA) is 20.3 Å². The lowest BCUT2D eigenvalue weighted by Crippen LogP contribution is -2.21. The third-order valence-corrected chi connectivity index (χ3v) is 3.48. The molecule has 0 fully saturated rings. The smallest absolute Gasteiger partial charge is 0.164 e. The van der Waals surface area contributed by atoms with Crippen molar-refractivity contribution >= 4 is 17.4 Å². The van der Waals surface area contributed by atoms with Crippen molar-refractivity contribution in [3.8, 4) is 0 Å². The maximum Gasteiger partial charge on any atom is 0.164 e. The summed E-state index contributed by atoms with van der Waals surface area (Å²) in [6.07, 6.45) is 0.424. The first kappa shape index (κ1) is 15.7. The second kappa shape index (κ2) is 7.34.